The van der Waals surface area contributed by atoms with Crippen LogP contribution in [0.15, 0.2) is 10.5 Å². The predicted octanol–water partition coefficient (Wildman–Crippen LogP) is 3.51. The van der Waals surface area contributed by atoms with E-state index in [0.717, 1.165) is 37.9 Å². The number of ether oxygens (including phenoxy) is 1. The topological polar surface area (TPSA) is 63.0 Å². The lowest BCUT2D eigenvalue weighted by Crippen LogP contribution is -2.49. The van der Waals surface area contributed by atoms with E-state index < -0.39 is 0 Å². The van der Waals surface area contributed by atoms with E-state index in [0.29, 0.717) is 31.0 Å². The lowest BCUT2D eigenvalue weighted by molar-refractivity contribution is 0.0632. The van der Waals surface area contributed by atoms with Gasteiger partial charge in [-0.05, 0) is 39.2 Å². The Balaban J connectivity index is 1.60. The highest BCUT2D eigenvalue weighted by Crippen LogP contribution is 2.27. The summed E-state index contributed by atoms with van der Waals surface area (Å²) in [6.07, 6.45) is 4.64. The largest absolute Gasteiger partial charge is 0.466 e. The average Bonchev–Trinajstić information content (AvgIpc) is 3.14. The first-order valence-corrected chi connectivity index (χ1v) is 9.32. The number of carbonyl (C=O) groups is 2. The van der Waals surface area contributed by atoms with Crippen LogP contribution in [-0.2, 0) is 4.74 Å². The fourth-order valence-electron chi connectivity index (χ4n) is 3.94. The number of amides is 2. The molecular weight excluding hydrogens is 320 g/mol. The second-order valence-corrected chi connectivity index (χ2v) is 7.13. The van der Waals surface area contributed by atoms with Crippen LogP contribution >= 0.6 is 0 Å². The van der Waals surface area contributed by atoms with Gasteiger partial charge in [-0.1, -0.05) is 19.8 Å². The molecule has 0 spiro atoms. The number of carbonyl (C=O) groups excluding carboxylic acids is 2. The average molecular weight is 348 g/mol. The van der Waals surface area contributed by atoms with Gasteiger partial charge in [0.15, 0.2) is 0 Å². The zero-order valence-corrected chi connectivity index (χ0v) is 15.4. The van der Waals surface area contributed by atoms with Gasteiger partial charge in [0.2, 0.25) is 0 Å². The third kappa shape index (κ3) is 3.67. The Morgan fingerprint density at radius 1 is 1.28 bits per heavy atom. The van der Waals surface area contributed by atoms with Gasteiger partial charge < -0.3 is 14.1 Å². The third-order valence-electron chi connectivity index (χ3n) is 5.31. The standard InChI is InChI=1S/C19H28N2O4/c1-4-5-6-16-12-24-19(23)21(16)15-7-9-20(10-8-15)18(22)17-11-13(2)25-14(17)3/h11,15-16H,4-10,12H2,1-3H3. The number of aryl methyl sites for hydroxylation is 2. The van der Waals surface area contributed by atoms with Crippen molar-refractivity contribution in [3.8, 4) is 0 Å². The Bertz CT molecular complexity index is 631. The Morgan fingerprint density at radius 2 is 2.00 bits per heavy atom. The molecule has 3 rings (SSSR count). The van der Waals surface area contributed by atoms with Gasteiger partial charge in [-0.2, -0.15) is 0 Å². The van der Waals surface area contributed by atoms with Gasteiger partial charge in [-0.3, -0.25) is 9.69 Å². The summed E-state index contributed by atoms with van der Waals surface area (Å²) in [6.45, 7) is 7.67. The van der Waals surface area contributed by atoms with Crippen molar-refractivity contribution in [2.75, 3.05) is 19.7 Å². The third-order valence-corrected chi connectivity index (χ3v) is 5.31. The number of nitrogens with zero attached hydrogens (tertiary/aromatic N) is 2. The Labute approximate surface area is 149 Å². The molecule has 0 radical (unpaired) electrons. The molecule has 1 aromatic rings. The van der Waals surface area contributed by atoms with E-state index in [1.165, 1.54) is 0 Å². The summed E-state index contributed by atoms with van der Waals surface area (Å²) in [5, 5.41) is 0. The Hall–Kier alpha value is -1.98. The van der Waals surface area contributed by atoms with Gasteiger partial charge >= 0.3 is 6.09 Å². The van der Waals surface area contributed by atoms with Crippen molar-refractivity contribution in [2.24, 2.45) is 0 Å². The lowest BCUT2D eigenvalue weighted by atomic mass is 9.99. The highest BCUT2D eigenvalue weighted by molar-refractivity contribution is 5.95. The van der Waals surface area contributed by atoms with Crippen molar-refractivity contribution in [2.45, 2.75) is 65.0 Å². The van der Waals surface area contributed by atoms with Crippen LogP contribution in [0.1, 0.15) is 60.9 Å². The first kappa shape index (κ1) is 17.8. The fraction of sp³-hybridized carbons (Fsp3) is 0.684. The second-order valence-electron chi connectivity index (χ2n) is 7.13. The maximum Gasteiger partial charge on any atom is 0.410 e. The summed E-state index contributed by atoms with van der Waals surface area (Å²) in [6, 6.07) is 2.18. The minimum absolute atomic E-state index is 0.0272. The van der Waals surface area contributed by atoms with Crippen molar-refractivity contribution >= 4 is 12.0 Å². The normalized spacial score (nSPS) is 21.7. The molecule has 2 saturated heterocycles. The maximum absolute atomic E-state index is 12.7. The molecule has 2 aliphatic rings. The summed E-state index contributed by atoms with van der Waals surface area (Å²) in [4.78, 5) is 28.6. The minimum atomic E-state index is -0.188. The molecule has 2 amide bonds. The molecule has 3 heterocycles. The van der Waals surface area contributed by atoms with Crippen LogP contribution in [0.4, 0.5) is 4.79 Å². The number of cyclic esters (lactones) is 1. The van der Waals surface area contributed by atoms with E-state index in [-0.39, 0.29) is 24.1 Å². The van der Waals surface area contributed by atoms with Crippen molar-refractivity contribution in [3.05, 3.63) is 23.2 Å². The van der Waals surface area contributed by atoms with Gasteiger partial charge in [-0.15, -0.1) is 0 Å². The second kappa shape index (κ2) is 7.50. The molecule has 2 fully saturated rings. The summed E-state index contributed by atoms with van der Waals surface area (Å²) < 4.78 is 10.8. The molecule has 2 aliphatic heterocycles. The summed E-state index contributed by atoms with van der Waals surface area (Å²) in [5.74, 6) is 1.46. The molecule has 0 saturated carbocycles. The van der Waals surface area contributed by atoms with E-state index in [1.54, 1.807) is 0 Å². The van der Waals surface area contributed by atoms with Crippen LogP contribution in [0.25, 0.3) is 0 Å². The van der Waals surface area contributed by atoms with Gasteiger partial charge in [0.25, 0.3) is 5.91 Å². The number of unbranched alkanes of at least 4 members (excludes halogenated alkanes) is 1. The number of furan rings is 1. The van der Waals surface area contributed by atoms with Crippen LogP contribution in [0.5, 0.6) is 0 Å². The molecule has 0 bridgehead atoms. The highest BCUT2D eigenvalue weighted by atomic mass is 16.6. The van der Waals surface area contributed by atoms with Crippen molar-refractivity contribution in [3.63, 3.8) is 0 Å². The lowest BCUT2D eigenvalue weighted by Gasteiger charge is -2.37. The SMILES string of the molecule is CCCCC1COC(=O)N1C1CCN(C(=O)c2cc(C)oc2C)CC1. The smallest absolute Gasteiger partial charge is 0.410 e. The van der Waals surface area contributed by atoms with E-state index in [2.05, 4.69) is 6.92 Å². The molecule has 0 aromatic carbocycles. The number of piperidine rings is 1. The van der Waals surface area contributed by atoms with Crippen LogP contribution in [0.2, 0.25) is 0 Å². The summed E-state index contributed by atoms with van der Waals surface area (Å²) in [5.41, 5.74) is 0.650. The van der Waals surface area contributed by atoms with Crippen LogP contribution < -0.4 is 0 Å². The number of hydrogen-bond donors (Lipinski definition) is 0. The zero-order chi connectivity index (χ0) is 18.0. The van der Waals surface area contributed by atoms with Gasteiger partial charge in [-0.25, -0.2) is 4.79 Å². The fourth-order valence-corrected chi connectivity index (χ4v) is 3.94. The maximum atomic E-state index is 12.7. The van der Waals surface area contributed by atoms with E-state index in [1.807, 2.05) is 29.7 Å². The monoisotopic (exact) mass is 348 g/mol. The van der Waals surface area contributed by atoms with Gasteiger partial charge in [0.05, 0.1) is 11.6 Å². The number of likely N-dealkylation sites (tertiary alicyclic amines) is 1. The van der Waals surface area contributed by atoms with E-state index in [4.69, 9.17) is 9.15 Å². The predicted molar refractivity (Wildman–Crippen MR) is 93.6 cm³/mol. The van der Waals surface area contributed by atoms with E-state index >= 15 is 0 Å². The minimum Gasteiger partial charge on any atom is -0.466 e. The molecule has 25 heavy (non-hydrogen) atoms. The first-order valence-electron chi connectivity index (χ1n) is 9.32. The van der Waals surface area contributed by atoms with Crippen LogP contribution in [-0.4, -0.2) is 53.6 Å². The molecule has 6 nitrogen and oxygen atoms in total. The van der Waals surface area contributed by atoms with Crippen molar-refractivity contribution < 1.29 is 18.7 Å². The van der Waals surface area contributed by atoms with Gasteiger partial charge in [0.1, 0.15) is 18.1 Å². The molecule has 6 heteroatoms. The van der Waals surface area contributed by atoms with E-state index in [9.17, 15) is 9.59 Å². The molecule has 1 unspecified atom stereocenters. The van der Waals surface area contributed by atoms with Crippen LogP contribution in [0.3, 0.4) is 0 Å². The molecule has 1 aromatic heterocycles. The molecular formula is C19H28N2O4. The number of rotatable bonds is 5. The molecule has 0 N–H and O–H groups in total. The Morgan fingerprint density at radius 3 is 2.60 bits per heavy atom. The Kier molecular flexibility index (Phi) is 5.35. The molecule has 0 aliphatic carbocycles. The number of hydrogen-bond acceptors (Lipinski definition) is 4. The van der Waals surface area contributed by atoms with Crippen molar-refractivity contribution in [1.82, 2.24) is 9.80 Å². The summed E-state index contributed by atoms with van der Waals surface area (Å²) >= 11 is 0. The van der Waals surface area contributed by atoms with Crippen molar-refractivity contribution in [1.29, 1.82) is 0 Å². The molecule has 138 valence electrons. The zero-order valence-electron chi connectivity index (χ0n) is 15.4. The van der Waals surface area contributed by atoms with Crippen LogP contribution in [0, 0.1) is 13.8 Å². The highest BCUT2D eigenvalue weighted by Gasteiger charge is 2.39. The molecule has 1 atom stereocenters. The quantitative estimate of drug-likeness (QED) is 0.817. The summed E-state index contributed by atoms with van der Waals surface area (Å²) in [7, 11) is 0. The first-order chi connectivity index (χ1) is 12.0. The van der Waals surface area contributed by atoms with Gasteiger partial charge in [0, 0.05) is 19.1 Å².